The van der Waals surface area contributed by atoms with E-state index in [1.54, 1.807) is 24.1 Å². The van der Waals surface area contributed by atoms with Crippen LogP contribution < -0.4 is 11.1 Å². The number of benzene rings is 1. The highest BCUT2D eigenvalue weighted by Crippen LogP contribution is 2.14. The normalized spacial score (nSPS) is 12.2. The molecule has 1 aromatic carbocycles. The first-order valence-electron chi connectivity index (χ1n) is 6.74. The number of aryl methyl sites for hydroxylation is 2. The van der Waals surface area contributed by atoms with Gasteiger partial charge >= 0.3 is 0 Å². The zero-order chi connectivity index (χ0) is 14.5. The Labute approximate surface area is 118 Å². The Hall–Kier alpha value is -2.14. The summed E-state index contributed by atoms with van der Waals surface area (Å²) < 4.78 is 1.63. The molecule has 1 heterocycles. The van der Waals surface area contributed by atoms with Crippen LogP contribution in [-0.4, -0.2) is 15.7 Å². The Morgan fingerprint density at radius 3 is 2.65 bits per heavy atom. The van der Waals surface area contributed by atoms with Crippen molar-refractivity contribution in [3.8, 4) is 0 Å². The molecule has 106 valence electrons. The SMILES string of the molecule is CCCc1ccc(NC(=O)C(N)c2cnn(C)c2)cc1. The molecule has 5 heteroatoms. The molecule has 3 N–H and O–H groups in total. The second kappa shape index (κ2) is 6.34. The molecule has 1 unspecified atom stereocenters. The van der Waals surface area contributed by atoms with Crippen molar-refractivity contribution >= 4 is 11.6 Å². The molecule has 0 fully saturated rings. The zero-order valence-electron chi connectivity index (χ0n) is 11.8. The summed E-state index contributed by atoms with van der Waals surface area (Å²) in [4.78, 5) is 12.1. The fourth-order valence-electron chi connectivity index (χ4n) is 2.02. The highest BCUT2D eigenvalue weighted by molar-refractivity contribution is 5.95. The number of carbonyl (C=O) groups excluding carboxylic acids is 1. The molecule has 0 aliphatic carbocycles. The van der Waals surface area contributed by atoms with Crippen LogP contribution in [0.2, 0.25) is 0 Å². The van der Waals surface area contributed by atoms with Crippen molar-refractivity contribution in [2.75, 3.05) is 5.32 Å². The summed E-state index contributed by atoms with van der Waals surface area (Å²) in [5.41, 5.74) is 8.64. The number of rotatable bonds is 5. The van der Waals surface area contributed by atoms with Crippen molar-refractivity contribution in [2.24, 2.45) is 12.8 Å². The van der Waals surface area contributed by atoms with Crippen LogP contribution in [0.3, 0.4) is 0 Å². The molecule has 0 aliphatic heterocycles. The summed E-state index contributed by atoms with van der Waals surface area (Å²) in [5, 5.41) is 6.83. The Kier molecular flexibility index (Phi) is 4.53. The topological polar surface area (TPSA) is 72.9 Å². The zero-order valence-corrected chi connectivity index (χ0v) is 11.8. The average molecular weight is 272 g/mol. The first kappa shape index (κ1) is 14.3. The largest absolute Gasteiger partial charge is 0.324 e. The van der Waals surface area contributed by atoms with E-state index in [-0.39, 0.29) is 5.91 Å². The predicted octanol–water partition coefficient (Wildman–Crippen LogP) is 2.01. The summed E-state index contributed by atoms with van der Waals surface area (Å²) in [5.74, 6) is -0.235. The second-order valence-corrected chi connectivity index (χ2v) is 4.86. The van der Waals surface area contributed by atoms with E-state index in [1.807, 2.05) is 24.3 Å². The van der Waals surface area contributed by atoms with Crippen LogP contribution in [0.5, 0.6) is 0 Å². The summed E-state index contributed by atoms with van der Waals surface area (Å²) in [6.07, 6.45) is 5.50. The Morgan fingerprint density at radius 2 is 2.10 bits per heavy atom. The van der Waals surface area contributed by atoms with Crippen molar-refractivity contribution in [2.45, 2.75) is 25.8 Å². The van der Waals surface area contributed by atoms with E-state index in [9.17, 15) is 4.79 Å². The fourth-order valence-corrected chi connectivity index (χ4v) is 2.02. The van der Waals surface area contributed by atoms with Crippen molar-refractivity contribution in [3.05, 3.63) is 47.8 Å². The predicted molar refractivity (Wildman–Crippen MR) is 79.2 cm³/mol. The van der Waals surface area contributed by atoms with Gasteiger partial charge in [-0.2, -0.15) is 5.10 Å². The maximum atomic E-state index is 12.1. The molecule has 2 aromatic rings. The van der Waals surface area contributed by atoms with Gasteiger partial charge in [-0.1, -0.05) is 25.5 Å². The van der Waals surface area contributed by atoms with Crippen LogP contribution in [0.15, 0.2) is 36.7 Å². The second-order valence-electron chi connectivity index (χ2n) is 4.86. The standard InChI is InChI=1S/C15H20N4O/c1-3-4-11-5-7-13(8-6-11)18-15(20)14(16)12-9-17-19(2)10-12/h5-10,14H,3-4,16H2,1-2H3,(H,18,20). The van der Waals surface area contributed by atoms with Gasteiger partial charge in [-0.25, -0.2) is 0 Å². The Bertz CT molecular complexity index is 574. The molecule has 1 aromatic heterocycles. The Morgan fingerprint density at radius 1 is 1.40 bits per heavy atom. The minimum atomic E-state index is -0.709. The van der Waals surface area contributed by atoms with Gasteiger partial charge < -0.3 is 11.1 Å². The van der Waals surface area contributed by atoms with Gasteiger partial charge in [0.2, 0.25) is 5.91 Å². The highest BCUT2D eigenvalue weighted by Gasteiger charge is 2.17. The molecule has 1 atom stereocenters. The average Bonchev–Trinajstić information content (AvgIpc) is 2.87. The lowest BCUT2D eigenvalue weighted by molar-refractivity contribution is -0.117. The highest BCUT2D eigenvalue weighted by atomic mass is 16.2. The number of nitrogens with one attached hydrogen (secondary N) is 1. The maximum absolute atomic E-state index is 12.1. The van der Waals surface area contributed by atoms with Crippen LogP contribution in [-0.2, 0) is 18.3 Å². The third-order valence-corrected chi connectivity index (χ3v) is 3.13. The number of nitrogens with zero attached hydrogens (tertiary/aromatic N) is 2. The molecule has 0 saturated carbocycles. The van der Waals surface area contributed by atoms with Crippen molar-refractivity contribution in [1.82, 2.24) is 9.78 Å². The molecule has 0 saturated heterocycles. The fraction of sp³-hybridized carbons (Fsp3) is 0.333. The molecule has 2 rings (SSSR count). The minimum absolute atomic E-state index is 0.235. The van der Waals surface area contributed by atoms with E-state index in [0.29, 0.717) is 5.56 Å². The third kappa shape index (κ3) is 3.45. The van der Waals surface area contributed by atoms with Gasteiger partial charge in [0.05, 0.1) is 6.20 Å². The van der Waals surface area contributed by atoms with E-state index in [4.69, 9.17) is 5.73 Å². The van der Waals surface area contributed by atoms with E-state index < -0.39 is 6.04 Å². The molecule has 20 heavy (non-hydrogen) atoms. The van der Waals surface area contributed by atoms with Crippen LogP contribution in [0, 0.1) is 0 Å². The molecule has 0 bridgehead atoms. The number of carbonyl (C=O) groups is 1. The van der Waals surface area contributed by atoms with E-state index in [2.05, 4.69) is 17.3 Å². The lowest BCUT2D eigenvalue weighted by Crippen LogP contribution is -2.27. The molecule has 1 amide bonds. The number of aromatic nitrogens is 2. The van der Waals surface area contributed by atoms with E-state index >= 15 is 0 Å². The number of nitrogens with two attached hydrogens (primary N) is 1. The lowest BCUT2D eigenvalue weighted by Gasteiger charge is -2.11. The monoisotopic (exact) mass is 272 g/mol. The van der Waals surface area contributed by atoms with Crippen LogP contribution in [0.1, 0.15) is 30.5 Å². The molecular weight excluding hydrogens is 252 g/mol. The molecule has 0 spiro atoms. The van der Waals surface area contributed by atoms with E-state index in [0.717, 1.165) is 18.5 Å². The van der Waals surface area contributed by atoms with Crippen LogP contribution >= 0.6 is 0 Å². The smallest absolute Gasteiger partial charge is 0.246 e. The first-order chi connectivity index (χ1) is 9.60. The van der Waals surface area contributed by atoms with E-state index in [1.165, 1.54) is 5.56 Å². The Balaban J connectivity index is 2.00. The first-order valence-corrected chi connectivity index (χ1v) is 6.74. The van der Waals surface area contributed by atoms with Crippen LogP contribution in [0.25, 0.3) is 0 Å². The maximum Gasteiger partial charge on any atom is 0.246 e. The number of anilines is 1. The summed E-state index contributed by atoms with van der Waals surface area (Å²) >= 11 is 0. The van der Waals surface area contributed by atoms with Gasteiger partial charge in [-0.15, -0.1) is 0 Å². The molecule has 0 radical (unpaired) electrons. The number of hydrogen-bond acceptors (Lipinski definition) is 3. The van der Waals surface area contributed by atoms with Gasteiger partial charge in [0.25, 0.3) is 0 Å². The summed E-state index contributed by atoms with van der Waals surface area (Å²) in [6.45, 7) is 2.14. The van der Waals surface area contributed by atoms with Gasteiger partial charge in [-0.3, -0.25) is 9.48 Å². The van der Waals surface area contributed by atoms with Crippen molar-refractivity contribution < 1.29 is 4.79 Å². The van der Waals surface area contributed by atoms with Gasteiger partial charge in [-0.05, 0) is 24.1 Å². The van der Waals surface area contributed by atoms with Crippen molar-refractivity contribution in [3.63, 3.8) is 0 Å². The van der Waals surface area contributed by atoms with Gasteiger partial charge in [0, 0.05) is 24.5 Å². The summed E-state index contributed by atoms with van der Waals surface area (Å²) in [7, 11) is 1.79. The molecular formula is C15H20N4O. The van der Waals surface area contributed by atoms with Crippen LogP contribution in [0.4, 0.5) is 5.69 Å². The summed E-state index contributed by atoms with van der Waals surface area (Å²) in [6, 6.07) is 7.14. The number of hydrogen-bond donors (Lipinski definition) is 2. The van der Waals surface area contributed by atoms with Crippen molar-refractivity contribution in [1.29, 1.82) is 0 Å². The van der Waals surface area contributed by atoms with Gasteiger partial charge in [0.1, 0.15) is 6.04 Å². The quantitative estimate of drug-likeness (QED) is 0.874. The third-order valence-electron chi connectivity index (χ3n) is 3.13. The molecule has 5 nitrogen and oxygen atoms in total. The lowest BCUT2D eigenvalue weighted by atomic mass is 10.1. The number of amides is 1. The minimum Gasteiger partial charge on any atom is -0.324 e. The molecule has 0 aliphatic rings. The van der Waals surface area contributed by atoms with Gasteiger partial charge in [0.15, 0.2) is 0 Å².